The number of hydrogen-bond acceptors (Lipinski definition) is 2. The summed E-state index contributed by atoms with van der Waals surface area (Å²) < 4.78 is 14.0. The van der Waals surface area contributed by atoms with Gasteiger partial charge in [-0.05, 0) is 36.8 Å². The second-order valence-corrected chi connectivity index (χ2v) is 4.67. The van der Waals surface area contributed by atoms with Crippen molar-refractivity contribution in [2.75, 3.05) is 0 Å². The summed E-state index contributed by atoms with van der Waals surface area (Å²) in [6, 6.07) is 11.3. The second kappa shape index (κ2) is 7.19. The fourth-order valence-electron chi connectivity index (χ4n) is 2.17. The van der Waals surface area contributed by atoms with Crippen LogP contribution in [-0.2, 0) is 7.05 Å². The molecule has 110 valence electrons. The molecule has 1 aromatic heterocycles. The van der Waals surface area contributed by atoms with Crippen LogP contribution in [0.2, 0.25) is 0 Å². The van der Waals surface area contributed by atoms with Gasteiger partial charge in [-0.1, -0.05) is 30.4 Å². The van der Waals surface area contributed by atoms with Crippen molar-refractivity contribution in [1.29, 1.82) is 5.26 Å². The van der Waals surface area contributed by atoms with Crippen LogP contribution in [-0.4, -0.2) is 9.78 Å². The predicted molar refractivity (Wildman–Crippen MR) is 86.4 cm³/mol. The monoisotopic (exact) mass is 293 g/mol. The van der Waals surface area contributed by atoms with Gasteiger partial charge < -0.3 is 0 Å². The zero-order valence-electron chi connectivity index (χ0n) is 12.5. The SMILES string of the molecule is C\C=C/C(=C\C=C\F)c1cc(-c2cccc(C#N)c2)nn1C. The van der Waals surface area contributed by atoms with Crippen molar-refractivity contribution in [3.8, 4) is 17.3 Å². The van der Waals surface area contributed by atoms with Gasteiger partial charge in [0.15, 0.2) is 0 Å². The Balaban J connectivity index is 2.49. The molecular formula is C18H16FN3. The third-order valence-electron chi connectivity index (χ3n) is 3.16. The van der Waals surface area contributed by atoms with Crippen LogP contribution >= 0.6 is 0 Å². The van der Waals surface area contributed by atoms with Gasteiger partial charge in [0, 0.05) is 12.6 Å². The number of benzene rings is 1. The molecule has 0 amide bonds. The average Bonchev–Trinajstić information content (AvgIpc) is 2.93. The van der Waals surface area contributed by atoms with E-state index < -0.39 is 0 Å². The normalized spacial score (nSPS) is 12.2. The van der Waals surface area contributed by atoms with E-state index in [-0.39, 0.29) is 0 Å². The molecule has 0 N–H and O–H groups in total. The Labute approximate surface area is 129 Å². The molecule has 0 unspecified atom stereocenters. The number of aryl methyl sites for hydroxylation is 1. The van der Waals surface area contributed by atoms with Crippen LogP contribution in [0.15, 0.2) is 61.0 Å². The molecule has 0 saturated carbocycles. The summed E-state index contributed by atoms with van der Waals surface area (Å²) in [5.41, 5.74) is 3.97. The van der Waals surface area contributed by atoms with Gasteiger partial charge in [0.25, 0.3) is 0 Å². The predicted octanol–water partition coefficient (Wildman–Crippen LogP) is 4.40. The molecular weight excluding hydrogens is 277 g/mol. The molecule has 4 heteroatoms. The van der Waals surface area contributed by atoms with Crippen molar-refractivity contribution in [2.45, 2.75) is 6.92 Å². The van der Waals surface area contributed by atoms with E-state index in [1.165, 1.54) is 6.08 Å². The first-order chi connectivity index (χ1) is 10.7. The molecule has 3 nitrogen and oxygen atoms in total. The lowest BCUT2D eigenvalue weighted by Gasteiger charge is -2.01. The van der Waals surface area contributed by atoms with Gasteiger partial charge >= 0.3 is 0 Å². The van der Waals surface area contributed by atoms with E-state index in [1.807, 2.05) is 44.3 Å². The molecule has 1 aromatic carbocycles. The van der Waals surface area contributed by atoms with E-state index >= 15 is 0 Å². The van der Waals surface area contributed by atoms with E-state index in [0.717, 1.165) is 22.5 Å². The summed E-state index contributed by atoms with van der Waals surface area (Å²) in [4.78, 5) is 0. The van der Waals surface area contributed by atoms with Gasteiger partial charge in [0.1, 0.15) is 0 Å². The molecule has 0 fully saturated rings. The van der Waals surface area contributed by atoms with Crippen molar-refractivity contribution >= 4 is 5.57 Å². The largest absolute Gasteiger partial charge is 0.267 e. The number of hydrogen-bond donors (Lipinski definition) is 0. The first-order valence-corrected chi connectivity index (χ1v) is 6.84. The maximum Gasteiger partial charge on any atom is 0.0991 e. The number of allylic oxidation sites excluding steroid dienone is 5. The zero-order chi connectivity index (χ0) is 15.9. The summed E-state index contributed by atoms with van der Waals surface area (Å²) in [6.07, 6.45) is 7.31. The minimum absolute atomic E-state index is 0.497. The number of rotatable bonds is 4. The molecule has 0 aliphatic carbocycles. The van der Waals surface area contributed by atoms with E-state index in [4.69, 9.17) is 5.26 Å². The Morgan fingerprint density at radius 2 is 2.18 bits per heavy atom. The maximum absolute atomic E-state index is 12.3. The smallest absolute Gasteiger partial charge is 0.0991 e. The first-order valence-electron chi connectivity index (χ1n) is 6.84. The lowest BCUT2D eigenvalue weighted by atomic mass is 10.1. The van der Waals surface area contributed by atoms with Crippen LogP contribution in [0, 0.1) is 11.3 Å². The van der Waals surface area contributed by atoms with Crippen molar-refractivity contribution in [3.05, 3.63) is 72.2 Å². The van der Waals surface area contributed by atoms with Gasteiger partial charge in [-0.3, -0.25) is 4.68 Å². The highest BCUT2D eigenvalue weighted by molar-refractivity contribution is 5.76. The minimum atomic E-state index is 0.497. The van der Waals surface area contributed by atoms with Crippen molar-refractivity contribution < 1.29 is 4.39 Å². The highest BCUT2D eigenvalue weighted by Gasteiger charge is 2.09. The standard InChI is InChI=1S/C18H16FN3/c1-3-6-15(9-5-10-19)18-12-17(21-22(18)2)16-8-4-7-14(11-16)13-20/h3-12H,1-2H3/b6-3-,10-5+,15-9+. The molecule has 0 saturated heterocycles. The number of nitriles is 1. The molecule has 0 aliphatic heterocycles. The minimum Gasteiger partial charge on any atom is -0.267 e. The molecule has 0 bridgehead atoms. The van der Waals surface area contributed by atoms with Crippen molar-refractivity contribution in [2.24, 2.45) is 7.05 Å². The van der Waals surface area contributed by atoms with Gasteiger partial charge in [-0.2, -0.15) is 10.4 Å². The molecule has 2 aromatic rings. The molecule has 0 aliphatic rings. The summed E-state index contributed by atoms with van der Waals surface area (Å²) in [6.45, 7) is 1.90. The Bertz CT molecular complexity index is 789. The lowest BCUT2D eigenvalue weighted by Crippen LogP contribution is -1.96. The Morgan fingerprint density at radius 3 is 2.86 bits per heavy atom. The van der Waals surface area contributed by atoms with Crippen LogP contribution in [0.25, 0.3) is 16.8 Å². The summed E-state index contributed by atoms with van der Waals surface area (Å²) in [7, 11) is 1.84. The van der Waals surface area contributed by atoms with Gasteiger partial charge in [0.2, 0.25) is 0 Å². The van der Waals surface area contributed by atoms with Crippen LogP contribution in [0.4, 0.5) is 4.39 Å². The van der Waals surface area contributed by atoms with Gasteiger partial charge in [0.05, 0.1) is 29.4 Å². The van der Waals surface area contributed by atoms with Crippen LogP contribution in [0.1, 0.15) is 18.2 Å². The van der Waals surface area contributed by atoms with Crippen LogP contribution in [0.5, 0.6) is 0 Å². The lowest BCUT2D eigenvalue weighted by molar-refractivity contribution is 0.721. The highest BCUT2D eigenvalue weighted by Crippen LogP contribution is 2.24. The molecule has 1 heterocycles. The average molecular weight is 293 g/mol. The summed E-state index contributed by atoms with van der Waals surface area (Å²) in [5, 5.41) is 13.5. The van der Waals surface area contributed by atoms with Crippen molar-refractivity contribution in [1.82, 2.24) is 9.78 Å². The van der Waals surface area contributed by atoms with Crippen molar-refractivity contribution in [3.63, 3.8) is 0 Å². The Morgan fingerprint density at radius 1 is 1.36 bits per heavy atom. The van der Waals surface area contributed by atoms with Crippen LogP contribution < -0.4 is 0 Å². The van der Waals surface area contributed by atoms with E-state index in [1.54, 1.807) is 22.9 Å². The molecule has 0 radical (unpaired) electrons. The Hall–Kier alpha value is -2.93. The first kappa shape index (κ1) is 15.5. The third kappa shape index (κ3) is 3.39. The van der Waals surface area contributed by atoms with E-state index in [9.17, 15) is 4.39 Å². The zero-order valence-corrected chi connectivity index (χ0v) is 12.5. The quantitative estimate of drug-likeness (QED) is 0.784. The van der Waals surface area contributed by atoms with Gasteiger partial charge in [-0.25, -0.2) is 4.39 Å². The fraction of sp³-hybridized carbons (Fsp3) is 0.111. The number of halogens is 1. The number of aromatic nitrogens is 2. The second-order valence-electron chi connectivity index (χ2n) is 4.67. The van der Waals surface area contributed by atoms with E-state index in [2.05, 4.69) is 11.2 Å². The van der Waals surface area contributed by atoms with Crippen LogP contribution in [0.3, 0.4) is 0 Å². The number of nitrogens with zero attached hydrogens (tertiary/aromatic N) is 3. The third-order valence-corrected chi connectivity index (χ3v) is 3.16. The highest BCUT2D eigenvalue weighted by atomic mass is 19.1. The molecule has 22 heavy (non-hydrogen) atoms. The molecule has 2 rings (SSSR count). The maximum atomic E-state index is 12.3. The Kier molecular flexibility index (Phi) is 5.05. The van der Waals surface area contributed by atoms with Gasteiger partial charge in [-0.15, -0.1) is 0 Å². The topological polar surface area (TPSA) is 41.6 Å². The fourth-order valence-corrected chi connectivity index (χ4v) is 2.17. The summed E-state index contributed by atoms with van der Waals surface area (Å²) in [5.74, 6) is 0. The molecule has 0 atom stereocenters. The molecule has 0 spiro atoms. The van der Waals surface area contributed by atoms with E-state index in [0.29, 0.717) is 11.9 Å². The summed E-state index contributed by atoms with van der Waals surface area (Å²) >= 11 is 0.